The van der Waals surface area contributed by atoms with Gasteiger partial charge in [-0.25, -0.2) is 4.98 Å². The van der Waals surface area contributed by atoms with E-state index in [4.69, 9.17) is 0 Å². The normalized spacial score (nSPS) is 12.0. The van der Waals surface area contributed by atoms with E-state index < -0.39 is 17.3 Å². The Hall–Kier alpha value is -1.85. The van der Waals surface area contributed by atoms with Crippen LogP contribution in [0.1, 0.15) is 24.6 Å². The fourth-order valence-electron chi connectivity index (χ4n) is 1.71. The van der Waals surface area contributed by atoms with E-state index in [9.17, 15) is 18.0 Å². The fraction of sp³-hybridized carbons (Fsp3) is 0.333. The minimum absolute atomic E-state index is 0.106. The summed E-state index contributed by atoms with van der Waals surface area (Å²) in [6.45, 7) is 1.90. The van der Waals surface area contributed by atoms with E-state index in [0.29, 0.717) is 17.6 Å². The maximum atomic E-state index is 12.5. The minimum atomic E-state index is -4.42. The van der Waals surface area contributed by atoms with Gasteiger partial charge in [0.05, 0.1) is 16.6 Å². The molecule has 96 valence electrons. The monoisotopic (exact) mass is 256 g/mol. The molecular weight excluding hydrogens is 245 g/mol. The van der Waals surface area contributed by atoms with Crippen molar-refractivity contribution < 1.29 is 13.2 Å². The maximum Gasteiger partial charge on any atom is 0.416 e. The Morgan fingerprint density at radius 3 is 2.67 bits per heavy atom. The molecule has 1 aromatic carbocycles. The van der Waals surface area contributed by atoms with E-state index in [1.54, 1.807) is 0 Å². The van der Waals surface area contributed by atoms with Crippen molar-refractivity contribution in [3.63, 3.8) is 0 Å². The van der Waals surface area contributed by atoms with Gasteiger partial charge in [0.2, 0.25) is 0 Å². The van der Waals surface area contributed by atoms with Gasteiger partial charge in [0.15, 0.2) is 0 Å². The first-order chi connectivity index (χ1) is 8.41. The summed E-state index contributed by atoms with van der Waals surface area (Å²) in [6, 6.07) is 3.14. The molecule has 0 aliphatic heterocycles. The van der Waals surface area contributed by atoms with Gasteiger partial charge in [0, 0.05) is 0 Å². The number of H-pyrrole nitrogens is 1. The fourth-order valence-corrected chi connectivity index (χ4v) is 1.71. The zero-order valence-corrected chi connectivity index (χ0v) is 9.64. The largest absolute Gasteiger partial charge is 0.416 e. The van der Waals surface area contributed by atoms with Gasteiger partial charge in [-0.1, -0.05) is 13.3 Å². The molecule has 0 spiro atoms. The Labute approximate surface area is 101 Å². The molecule has 0 amide bonds. The highest BCUT2D eigenvalue weighted by Crippen LogP contribution is 2.30. The molecule has 0 aliphatic rings. The van der Waals surface area contributed by atoms with E-state index in [1.165, 1.54) is 6.07 Å². The number of aromatic nitrogens is 2. The predicted octanol–water partition coefficient (Wildman–Crippen LogP) is 2.89. The molecule has 1 heterocycles. The van der Waals surface area contributed by atoms with Crippen molar-refractivity contribution in [1.82, 2.24) is 9.97 Å². The summed E-state index contributed by atoms with van der Waals surface area (Å²) in [5, 5.41) is 0. The molecule has 18 heavy (non-hydrogen) atoms. The van der Waals surface area contributed by atoms with Crippen molar-refractivity contribution in [3.05, 3.63) is 39.8 Å². The summed E-state index contributed by atoms with van der Waals surface area (Å²) >= 11 is 0. The maximum absolute atomic E-state index is 12.5. The Morgan fingerprint density at radius 2 is 2.06 bits per heavy atom. The summed E-state index contributed by atoms with van der Waals surface area (Å²) in [6.07, 6.45) is -3.16. The summed E-state index contributed by atoms with van der Waals surface area (Å²) in [5.41, 5.74) is -0.398. The van der Waals surface area contributed by atoms with Crippen LogP contribution in [0.2, 0.25) is 0 Å². The first-order valence-corrected chi connectivity index (χ1v) is 5.52. The molecule has 1 N–H and O–H groups in total. The topological polar surface area (TPSA) is 45.8 Å². The van der Waals surface area contributed by atoms with Crippen LogP contribution >= 0.6 is 0 Å². The van der Waals surface area contributed by atoms with Crippen LogP contribution in [0.4, 0.5) is 13.2 Å². The molecule has 2 aromatic rings. The van der Waals surface area contributed by atoms with Gasteiger partial charge >= 0.3 is 6.18 Å². The second-order valence-electron chi connectivity index (χ2n) is 3.99. The van der Waals surface area contributed by atoms with Crippen LogP contribution in [0.3, 0.4) is 0 Å². The van der Waals surface area contributed by atoms with Gasteiger partial charge in [-0.05, 0) is 24.6 Å². The van der Waals surface area contributed by atoms with Crippen LogP contribution in [-0.2, 0) is 12.6 Å². The standard InChI is InChI=1S/C12H11F3N2O/c1-2-3-9-11(18)17-10-6-7(12(13,14)15)4-5-8(10)16-9/h4-6H,2-3H2,1H3,(H,17,18). The highest BCUT2D eigenvalue weighted by Gasteiger charge is 2.30. The number of nitrogens with zero attached hydrogens (tertiary/aromatic N) is 1. The van der Waals surface area contributed by atoms with Gasteiger partial charge in [-0.15, -0.1) is 0 Å². The van der Waals surface area contributed by atoms with Gasteiger partial charge in [-0.3, -0.25) is 4.79 Å². The van der Waals surface area contributed by atoms with E-state index >= 15 is 0 Å². The quantitative estimate of drug-likeness (QED) is 0.898. The number of rotatable bonds is 2. The molecule has 2 rings (SSSR count). The highest BCUT2D eigenvalue weighted by atomic mass is 19.4. The summed E-state index contributed by atoms with van der Waals surface area (Å²) < 4.78 is 37.5. The van der Waals surface area contributed by atoms with Crippen LogP contribution in [0.25, 0.3) is 11.0 Å². The third-order valence-corrected chi connectivity index (χ3v) is 2.58. The van der Waals surface area contributed by atoms with Crippen molar-refractivity contribution in [2.24, 2.45) is 0 Å². The molecule has 0 atom stereocenters. The number of alkyl halides is 3. The van der Waals surface area contributed by atoms with Crippen LogP contribution in [0.5, 0.6) is 0 Å². The predicted molar refractivity (Wildman–Crippen MR) is 61.4 cm³/mol. The van der Waals surface area contributed by atoms with E-state index in [1.807, 2.05) is 6.92 Å². The number of aryl methyl sites for hydroxylation is 1. The van der Waals surface area contributed by atoms with Crippen molar-refractivity contribution in [3.8, 4) is 0 Å². The molecule has 0 saturated heterocycles. The first-order valence-electron chi connectivity index (χ1n) is 5.52. The molecule has 0 fully saturated rings. The first kappa shape index (κ1) is 12.6. The molecule has 0 radical (unpaired) electrons. The lowest BCUT2D eigenvalue weighted by atomic mass is 10.1. The lowest BCUT2D eigenvalue weighted by molar-refractivity contribution is -0.137. The Balaban J connectivity index is 2.59. The number of hydrogen-bond acceptors (Lipinski definition) is 2. The molecule has 3 nitrogen and oxygen atoms in total. The van der Waals surface area contributed by atoms with Crippen molar-refractivity contribution in [2.45, 2.75) is 25.9 Å². The van der Waals surface area contributed by atoms with Gasteiger partial charge in [0.1, 0.15) is 5.69 Å². The number of aromatic amines is 1. The van der Waals surface area contributed by atoms with Crippen LogP contribution in [0.15, 0.2) is 23.0 Å². The third-order valence-electron chi connectivity index (χ3n) is 2.58. The Kier molecular flexibility index (Phi) is 3.11. The second-order valence-corrected chi connectivity index (χ2v) is 3.99. The summed E-state index contributed by atoms with van der Waals surface area (Å²) in [7, 11) is 0. The minimum Gasteiger partial charge on any atom is -0.319 e. The van der Waals surface area contributed by atoms with Crippen molar-refractivity contribution >= 4 is 11.0 Å². The average Bonchev–Trinajstić information content (AvgIpc) is 2.28. The summed E-state index contributed by atoms with van der Waals surface area (Å²) in [4.78, 5) is 18.1. The lowest BCUT2D eigenvalue weighted by Gasteiger charge is -2.07. The van der Waals surface area contributed by atoms with Gasteiger partial charge < -0.3 is 4.98 Å². The zero-order chi connectivity index (χ0) is 13.3. The molecule has 0 unspecified atom stereocenters. The molecule has 1 aromatic heterocycles. The zero-order valence-electron chi connectivity index (χ0n) is 9.64. The van der Waals surface area contributed by atoms with E-state index in [0.717, 1.165) is 18.6 Å². The van der Waals surface area contributed by atoms with Gasteiger partial charge in [-0.2, -0.15) is 13.2 Å². The summed E-state index contributed by atoms with van der Waals surface area (Å²) in [5.74, 6) is 0. The SMILES string of the molecule is CCCc1nc2ccc(C(F)(F)F)cc2[nH]c1=O. The van der Waals surface area contributed by atoms with Crippen LogP contribution in [0, 0.1) is 0 Å². The number of fused-ring (bicyclic) bond motifs is 1. The number of halogens is 3. The molecule has 0 aliphatic carbocycles. The van der Waals surface area contributed by atoms with Crippen molar-refractivity contribution in [2.75, 3.05) is 0 Å². The molecule has 0 saturated carbocycles. The molecule has 6 heteroatoms. The highest BCUT2D eigenvalue weighted by molar-refractivity contribution is 5.75. The Bertz CT molecular complexity index is 631. The third kappa shape index (κ3) is 2.37. The molecule has 0 bridgehead atoms. The lowest BCUT2D eigenvalue weighted by Crippen LogP contribution is -2.15. The Morgan fingerprint density at radius 1 is 1.33 bits per heavy atom. The second kappa shape index (κ2) is 4.44. The smallest absolute Gasteiger partial charge is 0.319 e. The number of hydrogen-bond donors (Lipinski definition) is 1. The number of nitrogens with one attached hydrogen (secondary N) is 1. The van der Waals surface area contributed by atoms with Crippen LogP contribution < -0.4 is 5.56 Å². The van der Waals surface area contributed by atoms with Crippen molar-refractivity contribution in [1.29, 1.82) is 0 Å². The molecular formula is C12H11F3N2O. The van der Waals surface area contributed by atoms with Gasteiger partial charge in [0.25, 0.3) is 5.56 Å². The average molecular weight is 256 g/mol. The van der Waals surface area contributed by atoms with Crippen LogP contribution in [-0.4, -0.2) is 9.97 Å². The van der Waals surface area contributed by atoms with E-state index in [2.05, 4.69) is 9.97 Å². The van der Waals surface area contributed by atoms with E-state index in [-0.39, 0.29) is 5.52 Å². The number of benzene rings is 1.